The van der Waals surface area contributed by atoms with Crippen molar-refractivity contribution in [1.29, 1.82) is 0 Å². The number of carbonyl (C=O) groups is 11. The van der Waals surface area contributed by atoms with E-state index in [1.165, 1.54) is 104 Å². The zero-order valence-corrected chi connectivity index (χ0v) is 61.4. The van der Waals surface area contributed by atoms with Crippen molar-refractivity contribution in [3.63, 3.8) is 0 Å². The summed E-state index contributed by atoms with van der Waals surface area (Å²) in [5.74, 6) is -10.0. The minimum absolute atomic E-state index is 0.0284. The lowest BCUT2D eigenvalue weighted by molar-refractivity contribution is -0.157. The van der Waals surface area contributed by atoms with Crippen LogP contribution in [-0.4, -0.2) is 250 Å². The Kier molecular flexibility index (Phi) is 35.8. The number of rotatable bonds is 20. The van der Waals surface area contributed by atoms with Crippen molar-refractivity contribution >= 4 is 82.7 Å². The minimum Gasteiger partial charge on any atom is -0.390 e. The van der Waals surface area contributed by atoms with Gasteiger partial charge in [0.1, 0.15) is 66.5 Å². The predicted octanol–water partition coefficient (Wildman–Crippen LogP) is 2.64. The highest BCUT2D eigenvalue weighted by atomic mass is 32.2. The second kappa shape index (κ2) is 39.4. The van der Waals surface area contributed by atoms with E-state index >= 15 is 28.8 Å². The number of nitrogens with two attached hydrogens (primary N) is 2. The molecule has 13 atom stereocenters. The second-order valence-corrected chi connectivity index (χ2v) is 28.8. The van der Waals surface area contributed by atoms with Gasteiger partial charge in [-0.05, 0) is 101 Å². The number of likely N-dealkylation sites (N-methyl/N-ethyl adjacent to an activating group) is 7. The third-order valence-electron chi connectivity index (χ3n) is 17.2. The Morgan fingerprint density at radius 3 is 1.35 bits per heavy atom. The Balaban J connectivity index is 4.54. The monoisotopic (exact) mass is 1330 g/mol. The van der Waals surface area contributed by atoms with Crippen molar-refractivity contribution in [2.75, 3.05) is 67.4 Å². The number of nitrogens with zero attached hydrogens (tertiary/aromatic N) is 8. The van der Waals surface area contributed by atoms with Gasteiger partial charge in [-0.25, -0.2) is 0 Å². The Morgan fingerprint density at radius 2 is 0.903 bits per heavy atom. The summed E-state index contributed by atoms with van der Waals surface area (Å²) in [6, 6.07) is -14.0. The summed E-state index contributed by atoms with van der Waals surface area (Å²) >= 11 is 1.25. The van der Waals surface area contributed by atoms with Gasteiger partial charge in [0.15, 0.2) is 5.96 Å². The van der Waals surface area contributed by atoms with Crippen LogP contribution in [0.2, 0.25) is 0 Å². The fourth-order valence-corrected chi connectivity index (χ4v) is 12.4. The first-order valence-corrected chi connectivity index (χ1v) is 34.2. The van der Waals surface area contributed by atoms with Gasteiger partial charge >= 0.3 is 0 Å². The third-order valence-corrected chi connectivity index (χ3v) is 18.2. The number of allylic oxidation sites excluding steroid dienone is 2. The number of hydrogen-bond donors (Lipinski definition) is 7. The standard InChI is InChI=1S/C66H120N14O12S/c1-25-27-28-42(15)54(81)53-58(85)72-45(26-2)60(87)78(22)50(35-93-30-29-69-66(67)68)63(90)74(18)47(32-37(5)6)57(84)73-51(40(11)12)64(91)75(19)46(31-36(3)4)56(83)70-43(16)55(82)71-44(17)59(86)76(20)48(33-38(7)8)61(88)77(21)49(34-39(9)10)62(89)79(23)52(41(13)14)65(92)80(53)24/h25,27,36-54,81H,26,28-35H2,1-24H3,(H,70,83)(H,71,82)(H,72,85)(H,73,84)(H4,67,68,69)/b27-25+/t42-,43+,44-,45+,46+,47+,48+,49+,50?,51+,52+,53?,54-/m1/s1. The molecule has 1 aliphatic heterocycles. The van der Waals surface area contributed by atoms with Crippen molar-refractivity contribution in [2.24, 2.45) is 57.9 Å². The lowest BCUT2D eigenvalue weighted by atomic mass is 9.91. The van der Waals surface area contributed by atoms with Gasteiger partial charge in [0.05, 0.1) is 12.6 Å². The zero-order valence-electron chi connectivity index (χ0n) is 60.6. The fourth-order valence-electron chi connectivity index (χ4n) is 11.4. The van der Waals surface area contributed by atoms with Gasteiger partial charge in [-0.15, -0.1) is 0 Å². The topological polar surface area (TPSA) is 343 Å². The van der Waals surface area contributed by atoms with Crippen LogP contribution in [-0.2, 0) is 52.7 Å². The van der Waals surface area contributed by atoms with Crippen LogP contribution < -0.4 is 32.7 Å². The average Bonchev–Trinajstić information content (AvgIpc) is 0.816. The van der Waals surface area contributed by atoms with E-state index in [4.69, 9.17) is 11.5 Å². The summed E-state index contributed by atoms with van der Waals surface area (Å²) in [4.78, 5) is 176. The van der Waals surface area contributed by atoms with Gasteiger partial charge in [-0.3, -0.25) is 57.7 Å². The lowest BCUT2D eigenvalue weighted by Gasteiger charge is -2.41. The largest absolute Gasteiger partial charge is 0.390 e. The van der Waals surface area contributed by atoms with Crippen molar-refractivity contribution < 1.29 is 57.8 Å². The maximum atomic E-state index is 15.3. The van der Waals surface area contributed by atoms with Gasteiger partial charge < -0.3 is 72.1 Å². The quantitative estimate of drug-likeness (QED) is 0.0399. The Labute approximate surface area is 560 Å². The Morgan fingerprint density at radius 1 is 0.495 bits per heavy atom. The third kappa shape index (κ3) is 24.6. The summed E-state index contributed by atoms with van der Waals surface area (Å²) < 4.78 is 0. The van der Waals surface area contributed by atoms with Gasteiger partial charge in [0.2, 0.25) is 65.0 Å². The number of carbonyl (C=O) groups excluding carboxylic acids is 11. The van der Waals surface area contributed by atoms with Crippen LogP contribution in [0.15, 0.2) is 17.1 Å². The second-order valence-electron chi connectivity index (χ2n) is 27.7. The molecule has 0 radical (unpaired) electrons. The molecule has 0 aromatic carbocycles. The molecular weight excluding hydrogens is 1210 g/mol. The number of aliphatic hydroxyl groups is 1. The van der Waals surface area contributed by atoms with Crippen molar-refractivity contribution in [2.45, 2.75) is 229 Å². The molecule has 11 amide bonds. The number of hydrogen-bond acceptors (Lipinski definition) is 14. The van der Waals surface area contributed by atoms with Crippen molar-refractivity contribution in [3.8, 4) is 0 Å². The number of aliphatic imine (C=N–C) groups is 1. The first-order valence-electron chi connectivity index (χ1n) is 33.0. The normalized spacial score (nSPS) is 26.3. The van der Waals surface area contributed by atoms with Crippen molar-refractivity contribution in [3.05, 3.63) is 12.2 Å². The summed E-state index contributed by atoms with van der Waals surface area (Å²) in [5.41, 5.74) is 11.2. The average molecular weight is 1330 g/mol. The molecule has 27 heteroatoms. The number of guanidine groups is 1. The zero-order chi connectivity index (χ0) is 72.0. The molecule has 0 aliphatic carbocycles. The lowest BCUT2D eigenvalue weighted by Crippen LogP contribution is -2.64. The molecule has 1 aliphatic rings. The van der Waals surface area contributed by atoms with E-state index in [9.17, 15) is 29.1 Å². The van der Waals surface area contributed by atoms with Gasteiger partial charge in [-0.2, -0.15) is 11.8 Å². The molecule has 0 spiro atoms. The Bertz CT molecular complexity index is 2580. The highest BCUT2D eigenvalue weighted by molar-refractivity contribution is 7.99. The highest BCUT2D eigenvalue weighted by Crippen LogP contribution is 2.26. The smallest absolute Gasteiger partial charge is 0.246 e. The molecule has 1 fully saturated rings. The van der Waals surface area contributed by atoms with Crippen LogP contribution in [0.5, 0.6) is 0 Å². The first-order chi connectivity index (χ1) is 43.0. The minimum atomic E-state index is -1.66. The summed E-state index contributed by atoms with van der Waals surface area (Å²) in [6.07, 6.45) is 2.81. The van der Waals surface area contributed by atoms with Crippen LogP contribution in [0.25, 0.3) is 0 Å². The number of aliphatic hydroxyl groups excluding tert-OH is 1. The SMILES string of the molecule is C/C=C/C[C@@H](C)[C@@H](O)C1C(=O)N[C@@H](CC)C(=O)N(C)C(CSCCN=C(N)N)C(=O)N(C)[C@@H](CC(C)C)C(=O)N[C@@H](C(C)C)C(=O)N(C)[C@@H](CC(C)C)C(=O)N[C@@H](C)C(=O)N[C@H](C)C(=O)N(C)[C@@H](CC(C)C)C(=O)N(C)[C@@H](CC(C)C)C(=O)N(C)[C@@H](C(C)C)C(=O)N1C. The van der Waals surface area contributed by atoms with Gasteiger partial charge in [0.25, 0.3) is 0 Å². The first kappa shape index (κ1) is 84.5. The van der Waals surface area contributed by atoms with E-state index in [0.717, 1.165) is 4.90 Å². The van der Waals surface area contributed by atoms with E-state index in [2.05, 4.69) is 26.3 Å². The van der Waals surface area contributed by atoms with E-state index in [0.29, 0.717) is 5.75 Å². The van der Waals surface area contributed by atoms with Crippen LogP contribution in [0, 0.1) is 41.4 Å². The summed E-state index contributed by atoms with van der Waals surface area (Å²) in [6.45, 7) is 30.0. The summed E-state index contributed by atoms with van der Waals surface area (Å²) in [5, 5.41) is 23.4. The summed E-state index contributed by atoms with van der Waals surface area (Å²) in [7, 11) is 9.94. The molecule has 532 valence electrons. The Hall–Kier alpha value is -6.51. The van der Waals surface area contributed by atoms with Crippen LogP contribution in [0.3, 0.4) is 0 Å². The van der Waals surface area contributed by atoms with Crippen molar-refractivity contribution in [1.82, 2.24) is 55.6 Å². The number of nitrogens with one attached hydrogen (secondary N) is 4. The molecule has 1 saturated heterocycles. The maximum Gasteiger partial charge on any atom is 0.246 e. The van der Waals surface area contributed by atoms with Gasteiger partial charge in [-0.1, -0.05) is 109 Å². The predicted molar refractivity (Wildman–Crippen MR) is 365 cm³/mol. The molecule has 0 aromatic rings. The highest BCUT2D eigenvalue weighted by Gasteiger charge is 2.46. The molecule has 0 bridgehead atoms. The van der Waals surface area contributed by atoms with Crippen LogP contribution in [0.4, 0.5) is 0 Å². The maximum absolute atomic E-state index is 15.3. The molecule has 1 heterocycles. The van der Waals surface area contributed by atoms with E-state index in [1.54, 1.807) is 60.6 Å². The molecule has 9 N–H and O–H groups in total. The van der Waals surface area contributed by atoms with E-state index in [-0.39, 0.29) is 80.5 Å². The van der Waals surface area contributed by atoms with E-state index < -0.39 is 155 Å². The van der Waals surface area contributed by atoms with Crippen LogP contribution >= 0.6 is 11.8 Å². The number of thioether (sulfide) groups is 1. The number of amides is 11. The fraction of sp³-hybridized carbons (Fsp3) is 0.788. The molecular formula is C66H120N14O12S. The molecule has 0 aromatic heterocycles. The molecule has 0 saturated carbocycles. The molecule has 26 nitrogen and oxygen atoms in total. The molecule has 2 unspecified atom stereocenters. The van der Waals surface area contributed by atoms with Crippen LogP contribution in [0.1, 0.15) is 156 Å². The molecule has 93 heavy (non-hydrogen) atoms. The molecule has 1 rings (SSSR count). The van der Waals surface area contributed by atoms with Gasteiger partial charge in [0, 0.05) is 60.8 Å². The van der Waals surface area contributed by atoms with E-state index in [1.807, 2.05) is 55.4 Å².